The summed E-state index contributed by atoms with van der Waals surface area (Å²) in [6, 6.07) is 6.75. The summed E-state index contributed by atoms with van der Waals surface area (Å²) in [6.07, 6.45) is 5.05. The Morgan fingerprint density at radius 3 is 2.28 bits per heavy atom. The Labute approximate surface area is 145 Å². The number of nitrogens with zero attached hydrogens (tertiary/aromatic N) is 1. The molecule has 25 heavy (non-hydrogen) atoms. The molecule has 1 N–H and O–H groups in total. The molecule has 1 fully saturated rings. The van der Waals surface area contributed by atoms with Crippen LogP contribution in [0.4, 0.5) is 5.69 Å². The van der Waals surface area contributed by atoms with E-state index in [-0.39, 0.29) is 48.3 Å². The van der Waals surface area contributed by atoms with Crippen molar-refractivity contribution in [3.63, 3.8) is 0 Å². The number of fused-ring (bicyclic) bond motifs is 1. The molecule has 2 aliphatic rings. The fourth-order valence-electron chi connectivity index (χ4n) is 3.41. The van der Waals surface area contributed by atoms with E-state index in [1.807, 2.05) is 12.2 Å². The molecule has 6 heteroatoms. The molecule has 1 aromatic rings. The third-order valence-corrected chi connectivity index (χ3v) is 4.74. The Bertz CT molecular complexity index is 742. The second kappa shape index (κ2) is 7.01. The summed E-state index contributed by atoms with van der Waals surface area (Å²) in [7, 11) is 0. The second-order valence-corrected chi connectivity index (χ2v) is 6.38. The smallest absolute Gasteiger partial charge is 0.233 e. The maximum absolute atomic E-state index is 12.4. The van der Waals surface area contributed by atoms with E-state index >= 15 is 0 Å². The number of carbonyl (C=O) groups is 4. The lowest BCUT2D eigenvalue weighted by atomic mass is 9.85. The van der Waals surface area contributed by atoms with Crippen LogP contribution in [0.2, 0.25) is 0 Å². The molecule has 0 aromatic heterocycles. The molecule has 1 aliphatic heterocycles. The van der Waals surface area contributed by atoms with Crippen LogP contribution in [0, 0.1) is 11.8 Å². The van der Waals surface area contributed by atoms with Crippen molar-refractivity contribution in [2.75, 3.05) is 11.9 Å². The van der Waals surface area contributed by atoms with Crippen molar-refractivity contribution in [1.29, 1.82) is 0 Å². The molecule has 0 unspecified atom stereocenters. The number of carbonyl (C=O) groups excluding carboxylic acids is 4. The fourth-order valence-corrected chi connectivity index (χ4v) is 3.41. The van der Waals surface area contributed by atoms with Gasteiger partial charge in [-0.2, -0.15) is 0 Å². The topological polar surface area (TPSA) is 83.6 Å². The SMILES string of the molecule is CC(=O)c1ccccc1NC(=O)CCN1C(=O)[C@H]2CC=CC[C@H]2C1=O. The van der Waals surface area contributed by atoms with Gasteiger partial charge < -0.3 is 5.32 Å². The van der Waals surface area contributed by atoms with Crippen molar-refractivity contribution in [2.45, 2.75) is 26.2 Å². The highest BCUT2D eigenvalue weighted by molar-refractivity contribution is 6.06. The van der Waals surface area contributed by atoms with Gasteiger partial charge in [-0.1, -0.05) is 24.3 Å². The number of rotatable bonds is 5. The summed E-state index contributed by atoms with van der Waals surface area (Å²) in [4.78, 5) is 49.7. The zero-order chi connectivity index (χ0) is 18.0. The Morgan fingerprint density at radius 1 is 1.08 bits per heavy atom. The minimum atomic E-state index is -0.331. The molecule has 0 radical (unpaired) electrons. The van der Waals surface area contributed by atoms with Crippen LogP contribution >= 0.6 is 0 Å². The Balaban J connectivity index is 1.61. The Kier molecular flexibility index (Phi) is 4.79. The minimum absolute atomic E-state index is 0.0105. The monoisotopic (exact) mass is 340 g/mol. The molecule has 3 amide bonds. The van der Waals surface area contributed by atoms with Crippen LogP contribution < -0.4 is 5.32 Å². The molecule has 3 rings (SSSR count). The molecule has 1 heterocycles. The molecule has 0 saturated carbocycles. The normalized spacial score (nSPS) is 22.0. The molecule has 1 aromatic carbocycles. The molecular formula is C19H20N2O4. The third-order valence-electron chi connectivity index (χ3n) is 4.74. The van der Waals surface area contributed by atoms with E-state index in [1.165, 1.54) is 11.8 Å². The standard InChI is InChI=1S/C19H20N2O4/c1-12(22)13-6-4-5-9-16(13)20-17(23)10-11-21-18(24)14-7-2-3-8-15(14)19(21)25/h2-6,9,14-15H,7-8,10-11H2,1H3,(H,20,23)/t14-,15+. The predicted molar refractivity (Wildman–Crippen MR) is 91.8 cm³/mol. The van der Waals surface area contributed by atoms with Gasteiger partial charge >= 0.3 is 0 Å². The number of Topliss-reactive ketones (excluding diaryl/α,β-unsaturated/α-hetero) is 1. The van der Waals surface area contributed by atoms with Gasteiger partial charge in [0.15, 0.2) is 5.78 Å². The number of imide groups is 1. The van der Waals surface area contributed by atoms with Gasteiger partial charge in [-0.15, -0.1) is 0 Å². The van der Waals surface area contributed by atoms with Crippen molar-refractivity contribution in [2.24, 2.45) is 11.8 Å². The maximum Gasteiger partial charge on any atom is 0.233 e. The third kappa shape index (κ3) is 3.38. The second-order valence-electron chi connectivity index (χ2n) is 6.38. The van der Waals surface area contributed by atoms with Crippen molar-refractivity contribution < 1.29 is 19.2 Å². The average Bonchev–Trinajstić information content (AvgIpc) is 2.85. The summed E-state index contributed by atoms with van der Waals surface area (Å²) in [5.74, 6) is -1.40. The number of hydrogen-bond donors (Lipinski definition) is 1. The van der Waals surface area contributed by atoms with Gasteiger partial charge in [-0.3, -0.25) is 24.1 Å². The molecular weight excluding hydrogens is 320 g/mol. The largest absolute Gasteiger partial charge is 0.325 e. The van der Waals surface area contributed by atoms with E-state index in [0.717, 1.165) is 0 Å². The number of amides is 3. The number of likely N-dealkylation sites (tertiary alicyclic amines) is 1. The van der Waals surface area contributed by atoms with Gasteiger partial charge in [-0.05, 0) is 31.9 Å². The molecule has 0 spiro atoms. The number of ketones is 1. The Morgan fingerprint density at radius 2 is 1.68 bits per heavy atom. The lowest BCUT2D eigenvalue weighted by Gasteiger charge is -2.15. The maximum atomic E-state index is 12.4. The first-order valence-electron chi connectivity index (χ1n) is 8.39. The van der Waals surface area contributed by atoms with Gasteiger partial charge in [0, 0.05) is 18.5 Å². The zero-order valence-corrected chi connectivity index (χ0v) is 14.0. The van der Waals surface area contributed by atoms with Crippen LogP contribution in [0.15, 0.2) is 36.4 Å². The van der Waals surface area contributed by atoms with E-state index in [9.17, 15) is 19.2 Å². The fraction of sp³-hybridized carbons (Fsp3) is 0.368. The minimum Gasteiger partial charge on any atom is -0.325 e. The summed E-state index contributed by atoms with van der Waals surface area (Å²) in [6.45, 7) is 1.50. The van der Waals surface area contributed by atoms with Gasteiger partial charge in [0.1, 0.15) is 0 Å². The van der Waals surface area contributed by atoms with Gasteiger partial charge in [0.25, 0.3) is 0 Å². The van der Waals surface area contributed by atoms with Crippen LogP contribution in [-0.4, -0.2) is 34.9 Å². The lowest BCUT2D eigenvalue weighted by Crippen LogP contribution is -2.34. The summed E-state index contributed by atoms with van der Waals surface area (Å²) in [5.41, 5.74) is 0.873. The zero-order valence-electron chi connectivity index (χ0n) is 14.0. The van der Waals surface area contributed by atoms with Crippen molar-refractivity contribution in [3.05, 3.63) is 42.0 Å². The quantitative estimate of drug-likeness (QED) is 0.506. The van der Waals surface area contributed by atoms with Crippen molar-refractivity contribution >= 4 is 29.2 Å². The summed E-state index contributed by atoms with van der Waals surface area (Å²) >= 11 is 0. The molecule has 1 saturated heterocycles. The van der Waals surface area contributed by atoms with E-state index in [0.29, 0.717) is 24.1 Å². The van der Waals surface area contributed by atoms with Crippen LogP contribution in [-0.2, 0) is 14.4 Å². The average molecular weight is 340 g/mol. The first-order chi connectivity index (χ1) is 12.0. The van der Waals surface area contributed by atoms with E-state index < -0.39 is 0 Å². The van der Waals surface area contributed by atoms with Crippen molar-refractivity contribution in [3.8, 4) is 0 Å². The summed E-state index contributed by atoms with van der Waals surface area (Å²) < 4.78 is 0. The Hall–Kier alpha value is -2.76. The molecule has 2 atom stereocenters. The molecule has 6 nitrogen and oxygen atoms in total. The molecule has 0 bridgehead atoms. The first kappa shape index (κ1) is 17.1. The van der Waals surface area contributed by atoms with Crippen LogP contribution in [0.5, 0.6) is 0 Å². The van der Waals surface area contributed by atoms with Crippen molar-refractivity contribution in [1.82, 2.24) is 4.90 Å². The first-order valence-corrected chi connectivity index (χ1v) is 8.39. The van der Waals surface area contributed by atoms with Gasteiger partial charge in [0.05, 0.1) is 17.5 Å². The predicted octanol–water partition coefficient (Wildman–Crippen LogP) is 2.17. The number of nitrogens with one attached hydrogen (secondary N) is 1. The molecule has 1 aliphatic carbocycles. The number of hydrogen-bond acceptors (Lipinski definition) is 4. The number of para-hydroxylation sites is 1. The molecule has 130 valence electrons. The van der Waals surface area contributed by atoms with Crippen LogP contribution in [0.3, 0.4) is 0 Å². The van der Waals surface area contributed by atoms with E-state index in [4.69, 9.17) is 0 Å². The number of allylic oxidation sites excluding steroid dienone is 2. The van der Waals surface area contributed by atoms with Crippen LogP contribution in [0.25, 0.3) is 0 Å². The van der Waals surface area contributed by atoms with E-state index in [2.05, 4.69) is 5.32 Å². The number of benzene rings is 1. The van der Waals surface area contributed by atoms with Gasteiger partial charge in [0.2, 0.25) is 17.7 Å². The van der Waals surface area contributed by atoms with Crippen LogP contribution in [0.1, 0.15) is 36.5 Å². The van der Waals surface area contributed by atoms with E-state index in [1.54, 1.807) is 24.3 Å². The highest BCUT2D eigenvalue weighted by Crippen LogP contribution is 2.35. The number of anilines is 1. The highest BCUT2D eigenvalue weighted by Gasteiger charge is 2.46. The lowest BCUT2D eigenvalue weighted by molar-refractivity contribution is -0.140. The highest BCUT2D eigenvalue weighted by atomic mass is 16.2. The van der Waals surface area contributed by atoms with Gasteiger partial charge in [-0.25, -0.2) is 0 Å². The summed E-state index contributed by atoms with van der Waals surface area (Å²) in [5, 5.41) is 2.69.